The van der Waals surface area contributed by atoms with Crippen LogP contribution in [0.1, 0.15) is 18.9 Å². The summed E-state index contributed by atoms with van der Waals surface area (Å²) in [5.74, 6) is 0.906. The van der Waals surface area contributed by atoms with Gasteiger partial charge in [0, 0.05) is 12.0 Å². The van der Waals surface area contributed by atoms with Gasteiger partial charge in [-0.15, -0.1) is 0 Å². The fourth-order valence-electron chi connectivity index (χ4n) is 1.10. The molecule has 0 N–H and O–H groups in total. The molecule has 0 spiro atoms. The number of hydrogen-bond acceptors (Lipinski definition) is 2. The van der Waals surface area contributed by atoms with E-state index in [-0.39, 0.29) is 5.78 Å². The molecule has 0 radical (unpaired) electrons. The molecule has 0 bridgehead atoms. The molecule has 1 aromatic carbocycles. The highest BCUT2D eigenvalue weighted by molar-refractivity contribution is 5.93. The first-order valence-corrected chi connectivity index (χ1v) is 4.62. The Kier molecular flexibility index (Phi) is 3.92. The van der Waals surface area contributed by atoms with Crippen molar-refractivity contribution in [2.45, 2.75) is 13.3 Å². The molecule has 0 aromatic heterocycles. The number of benzene rings is 1. The number of carbonyl (C=O) groups is 1. The van der Waals surface area contributed by atoms with Crippen molar-refractivity contribution in [3.8, 4) is 5.75 Å². The van der Waals surface area contributed by atoms with Crippen LogP contribution in [0, 0.1) is 0 Å². The summed E-state index contributed by atoms with van der Waals surface area (Å²) in [4.78, 5) is 11.1. The van der Waals surface area contributed by atoms with Crippen LogP contribution >= 0.6 is 0 Å². The summed E-state index contributed by atoms with van der Waals surface area (Å²) in [5, 5.41) is 0. The van der Waals surface area contributed by atoms with Gasteiger partial charge in [-0.2, -0.15) is 0 Å². The van der Waals surface area contributed by atoms with Crippen molar-refractivity contribution in [3.05, 3.63) is 35.9 Å². The molecule has 0 unspecified atom stereocenters. The van der Waals surface area contributed by atoms with E-state index in [2.05, 4.69) is 0 Å². The van der Waals surface area contributed by atoms with Crippen molar-refractivity contribution in [2.75, 3.05) is 7.11 Å². The molecule has 0 amide bonds. The zero-order chi connectivity index (χ0) is 10.4. The quantitative estimate of drug-likeness (QED) is 0.682. The number of carbonyl (C=O) groups excluding carboxylic acids is 1. The van der Waals surface area contributed by atoms with Crippen molar-refractivity contribution in [3.63, 3.8) is 0 Å². The predicted octanol–water partition coefficient (Wildman–Crippen LogP) is 2.69. The first kappa shape index (κ1) is 10.5. The minimum absolute atomic E-state index is 0.121. The predicted molar refractivity (Wildman–Crippen MR) is 57.3 cm³/mol. The lowest BCUT2D eigenvalue weighted by Gasteiger charge is -2.02. The lowest BCUT2D eigenvalue weighted by molar-refractivity contribution is -0.114. The van der Waals surface area contributed by atoms with Gasteiger partial charge in [0.05, 0.1) is 7.11 Å². The van der Waals surface area contributed by atoms with E-state index < -0.39 is 0 Å². The minimum Gasteiger partial charge on any atom is -0.496 e. The SMILES string of the molecule is CCC(=O)C=Cc1ccccc1OC. The molecule has 0 heterocycles. The molecular weight excluding hydrogens is 176 g/mol. The Balaban J connectivity index is 2.85. The highest BCUT2D eigenvalue weighted by Gasteiger charge is 1.97. The van der Waals surface area contributed by atoms with Crippen LogP contribution in [0.3, 0.4) is 0 Å². The molecule has 0 saturated heterocycles. The maximum Gasteiger partial charge on any atom is 0.155 e. The normalized spacial score (nSPS) is 10.4. The zero-order valence-electron chi connectivity index (χ0n) is 8.49. The monoisotopic (exact) mass is 190 g/mol. The maximum atomic E-state index is 11.1. The third kappa shape index (κ3) is 2.73. The summed E-state index contributed by atoms with van der Waals surface area (Å²) in [5.41, 5.74) is 0.928. The summed E-state index contributed by atoms with van der Waals surface area (Å²) in [6.07, 6.45) is 3.90. The van der Waals surface area contributed by atoms with Crippen LogP contribution < -0.4 is 4.74 Å². The number of para-hydroxylation sites is 1. The van der Waals surface area contributed by atoms with E-state index >= 15 is 0 Å². The Morgan fingerprint density at radius 1 is 1.43 bits per heavy atom. The molecule has 74 valence electrons. The van der Waals surface area contributed by atoms with Crippen LogP contribution in [0.4, 0.5) is 0 Å². The Bertz CT molecular complexity index is 340. The number of methoxy groups -OCH3 is 1. The van der Waals surface area contributed by atoms with Crippen molar-refractivity contribution in [1.29, 1.82) is 0 Å². The largest absolute Gasteiger partial charge is 0.496 e. The van der Waals surface area contributed by atoms with Gasteiger partial charge in [0.2, 0.25) is 0 Å². The highest BCUT2D eigenvalue weighted by atomic mass is 16.5. The zero-order valence-corrected chi connectivity index (χ0v) is 8.49. The van der Waals surface area contributed by atoms with E-state index in [9.17, 15) is 4.79 Å². The van der Waals surface area contributed by atoms with Gasteiger partial charge < -0.3 is 4.74 Å². The molecule has 2 heteroatoms. The van der Waals surface area contributed by atoms with E-state index in [1.54, 1.807) is 19.3 Å². The van der Waals surface area contributed by atoms with Gasteiger partial charge in [-0.3, -0.25) is 4.79 Å². The van der Waals surface area contributed by atoms with E-state index in [4.69, 9.17) is 4.74 Å². The minimum atomic E-state index is 0.121. The number of ketones is 1. The van der Waals surface area contributed by atoms with E-state index in [0.717, 1.165) is 11.3 Å². The molecule has 1 rings (SSSR count). The Hall–Kier alpha value is -1.57. The van der Waals surface area contributed by atoms with Crippen LogP contribution in [0.2, 0.25) is 0 Å². The third-order valence-electron chi connectivity index (χ3n) is 1.94. The summed E-state index contributed by atoms with van der Waals surface area (Å²) in [6, 6.07) is 7.60. The number of allylic oxidation sites excluding steroid dienone is 1. The maximum absolute atomic E-state index is 11.1. The van der Waals surface area contributed by atoms with Crippen molar-refractivity contribution in [1.82, 2.24) is 0 Å². The highest BCUT2D eigenvalue weighted by Crippen LogP contribution is 2.18. The average Bonchev–Trinajstić information content (AvgIpc) is 2.26. The third-order valence-corrected chi connectivity index (χ3v) is 1.94. The van der Waals surface area contributed by atoms with Crippen LogP contribution in [0.15, 0.2) is 30.3 Å². The van der Waals surface area contributed by atoms with E-state index in [1.165, 1.54) is 0 Å². The molecule has 0 aliphatic heterocycles. The summed E-state index contributed by atoms with van der Waals surface area (Å²) >= 11 is 0. The second-order valence-electron chi connectivity index (χ2n) is 2.90. The van der Waals surface area contributed by atoms with Crippen molar-refractivity contribution < 1.29 is 9.53 Å². The Morgan fingerprint density at radius 3 is 2.79 bits per heavy atom. The second kappa shape index (κ2) is 5.22. The fourth-order valence-corrected chi connectivity index (χ4v) is 1.10. The summed E-state index contributed by atoms with van der Waals surface area (Å²) < 4.78 is 5.15. The molecule has 0 atom stereocenters. The van der Waals surface area contributed by atoms with Crippen molar-refractivity contribution >= 4 is 11.9 Å². The molecule has 0 aliphatic rings. The van der Waals surface area contributed by atoms with Crippen LogP contribution in [-0.2, 0) is 4.79 Å². The van der Waals surface area contributed by atoms with Crippen molar-refractivity contribution in [2.24, 2.45) is 0 Å². The van der Waals surface area contributed by atoms with E-state index in [0.29, 0.717) is 6.42 Å². The first-order valence-electron chi connectivity index (χ1n) is 4.62. The standard InChI is InChI=1S/C12H14O2/c1-3-11(13)9-8-10-6-4-5-7-12(10)14-2/h4-9H,3H2,1-2H3. The second-order valence-corrected chi connectivity index (χ2v) is 2.90. The van der Waals surface area contributed by atoms with Gasteiger partial charge in [-0.1, -0.05) is 25.1 Å². The smallest absolute Gasteiger partial charge is 0.155 e. The van der Waals surface area contributed by atoms with Crippen LogP contribution in [0.25, 0.3) is 6.08 Å². The molecule has 0 saturated carbocycles. The van der Waals surface area contributed by atoms with Gasteiger partial charge in [-0.05, 0) is 18.2 Å². The van der Waals surface area contributed by atoms with Crippen LogP contribution in [0.5, 0.6) is 5.75 Å². The van der Waals surface area contributed by atoms with Gasteiger partial charge in [0.1, 0.15) is 5.75 Å². The van der Waals surface area contributed by atoms with Gasteiger partial charge in [0.25, 0.3) is 0 Å². The summed E-state index contributed by atoms with van der Waals surface area (Å²) in [7, 11) is 1.62. The topological polar surface area (TPSA) is 26.3 Å². The molecular formula is C12H14O2. The number of hydrogen-bond donors (Lipinski definition) is 0. The van der Waals surface area contributed by atoms with Gasteiger partial charge >= 0.3 is 0 Å². The number of ether oxygens (including phenoxy) is 1. The average molecular weight is 190 g/mol. The lowest BCUT2D eigenvalue weighted by atomic mass is 10.1. The summed E-state index contributed by atoms with van der Waals surface area (Å²) in [6.45, 7) is 1.84. The lowest BCUT2D eigenvalue weighted by Crippen LogP contribution is -1.89. The molecule has 14 heavy (non-hydrogen) atoms. The Labute approximate surface area is 84.2 Å². The van der Waals surface area contributed by atoms with E-state index in [1.807, 2.05) is 31.2 Å². The fraction of sp³-hybridized carbons (Fsp3) is 0.250. The van der Waals surface area contributed by atoms with Gasteiger partial charge in [-0.25, -0.2) is 0 Å². The van der Waals surface area contributed by atoms with Crippen LogP contribution in [-0.4, -0.2) is 12.9 Å². The van der Waals surface area contributed by atoms with Gasteiger partial charge in [0.15, 0.2) is 5.78 Å². The molecule has 1 aromatic rings. The molecule has 0 aliphatic carbocycles. The molecule has 0 fully saturated rings. The Morgan fingerprint density at radius 2 is 2.14 bits per heavy atom. The number of rotatable bonds is 4. The molecule has 2 nitrogen and oxygen atoms in total. The first-order chi connectivity index (χ1) is 6.77.